The summed E-state index contributed by atoms with van der Waals surface area (Å²) in [5.41, 5.74) is 1.88. The van der Waals surface area contributed by atoms with Crippen molar-refractivity contribution in [1.82, 2.24) is 4.72 Å². The average molecular weight is 406 g/mol. The van der Waals surface area contributed by atoms with Gasteiger partial charge in [-0.3, -0.25) is 9.59 Å². The predicted molar refractivity (Wildman–Crippen MR) is 103 cm³/mol. The van der Waals surface area contributed by atoms with Gasteiger partial charge in [-0.05, 0) is 56.0 Å². The first kappa shape index (κ1) is 19.6. The number of sulfonamides is 1. The standard InChI is InChI=1S/C20H20ClNO4S/c1-13-2-9-17(10-3-13)27(25,26)22-20(24)18-11-6-15(19(18)23)12-14-4-7-16(21)8-5-14/h2-5,7-10,15,18H,6,11-12H2,1H3,(H,22,24). The molecule has 1 aliphatic carbocycles. The molecule has 7 heteroatoms. The Hall–Kier alpha value is -2.18. The Labute approximate surface area is 163 Å². The number of nitrogens with one attached hydrogen (secondary N) is 1. The van der Waals surface area contributed by atoms with E-state index in [0.29, 0.717) is 24.3 Å². The molecule has 0 spiro atoms. The van der Waals surface area contributed by atoms with Gasteiger partial charge in [-0.1, -0.05) is 41.4 Å². The molecule has 1 amide bonds. The van der Waals surface area contributed by atoms with Crippen LogP contribution < -0.4 is 4.72 Å². The van der Waals surface area contributed by atoms with Gasteiger partial charge in [0.05, 0.1) is 10.8 Å². The number of rotatable bonds is 5. The second-order valence-electron chi connectivity index (χ2n) is 6.84. The van der Waals surface area contributed by atoms with Gasteiger partial charge >= 0.3 is 0 Å². The predicted octanol–water partition coefficient (Wildman–Crippen LogP) is 3.29. The van der Waals surface area contributed by atoms with Crippen molar-refractivity contribution >= 4 is 33.3 Å². The fourth-order valence-electron chi connectivity index (χ4n) is 3.28. The number of benzene rings is 2. The SMILES string of the molecule is Cc1ccc(S(=O)(=O)NC(=O)C2CCC(Cc3ccc(Cl)cc3)C2=O)cc1. The third-order valence-electron chi connectivity index (χ3n) is 4.83. The second kappa shape index (κ2) is 7.82. The summed E-state index contributed by atoms with van der Waals surface area (Å²) in [6.07, 6.45) is 1.43. The Kier molecular flexibility index (Phi) is 5.67. The maximum absolute atomic E-state index is 12.6. The van der Waals surface area contributed by atoms with Gasteiger partial charge in [0.1, 0.15) is 5.78 Å². The van der Waals surface area contributed by atoms with Crippen LogP contribution >= 0.6 is 11.6 Å². The smallest absolute Gasteiger partial charge is 0.264 e. The number of carbonyl (C=O) groups is 2. The molecule has 2 aromatic rings. The maximum Gasteiger partial charge on any atom is 0.264 e. The van der Waals surface area contributed by atoms with E-state index < -0.39 is 21.8 Å². The monoisotopic (exact) mass is 405 g/mol. The van der Waals surface area contributed by atoms with Gasteiger partial charge in [0.2, 0.25) is 5.91 Å². The number of hydrogen-bond donors (Lipinski definition) is 1. The molecule has 3 rings (SSSR count). The van der Waals surface area contributed by atoms with Crippen LogP contribution in [0.25, 0.3) is 0 Å². The first-order chi connectivity index (χ1) is 12.8. The molecule has 2 aromatic carbocycles. The zero-order chi connectivity index (χ0) is 19.6. The molecule has 1 N–H and O–H groups in total. The fraction of sp³-hybridized carbons (Fsp3) is 0.300. The Balaban J connectivity index is 1.66. The van der Waals surface area contributed by atoms with E-state index in [1.165, 1.54) is 12.1 Å². The molecule has 0 radical (unpaired) electrons. The molecule has 1 aliphatic rings. The Bertz CT molecular complexity index is 952. The van der Waals surface area contributed by atoms with Crippen molar-refractivity contribution in [3.63, 3.8) is 0 Å². The maximum atomic E-state index is 12.6. The molecular formula is C20H20ClNO4S. The third kappa shape index (κ3) is 4.57. The highest BCUT2D eigenvalue weighted by atomic mass is 35.5. The van der Waals surface area contributed by atoms with Crippen LogP contribution in [-0.4, -0.2) is 20.1 Å². The normalized spacial score (nSPS) is 19.9. The van der Waals surface area contributed by atoms with Crippen molar-refractivity contribution in [2.24, 2.45) is 11.8 Å². The van der Waals surface area contributed by atoms with E-state index in [4.69, 9.17) is 11.6 Å². The van der Waals surface area contributed by atoms with Crippen molar-refractivity contribution in [3.05, 3.63) is 64.7 Å². The molecule has 27 heavy (non-hydrogen) atoms. The molecule has 0 saturated heterocycles. The number of carbonyl (C=O) groups excluding carboxylic acids is 2. The van der Waals surface area contributed by atoms with E-state index in [1.807, 2.05) is 19.1 Å². The average Bonchev–Trinajstić information content (AvgIpc) is 2.98. The first-order valence-corrected chi connectivity index (χ1v) is 10.5. The Morgan fingerprint density at radius 3 is 2.33 bits per heavy atom. The van der Waals surface area contributed by atoms with Crippen LogP contribution in [0.3, 0.4) is 0 Å². The summed E-state index contributed by atoms with van der Waals surface area (Å²) in [5.74, 6) is -2.17. The fourth-order valence-corrected chi connectivity index (χ4v) is 4.43. The third-order valence-corrected chi connectivity index (χ3v) is 6.44. The van der Waals surface area contributed by atoms with E-state index in [0.717, 1.165) is 11.1 Å². The minimum absolute atomic E-state index is 0.00427. The molecule has 1 saturated carbocycles. The van der Waals surface area contributed by atoms with Crippen molar-refractivity contribution in [2.45, 2.75) is 31.1 Å². The summed E-state index contributed by atoms with van der Waals surface area (Å²) in [6, 6.07) is 13.4. The minimum Gasteiger partial charge on any atom is -0.298 e. The topological polar surface area (TPSA) is 80.3 Å². The van der Waals surface area contributed by atoms with Crippen LogP contribution in [0.15, 0.2) is 53.4 Å². The van der Waals surface area contributed by atoms with Crippen LogP contribution in [0.2, 0.25) is 5.02 Å². The van der Waals surface area contributed by atoms with E-state index in [1.54, 1.807) is 24.3 Å². The van der Waals surface area contributed by atoms with Crippen molar-refractivity contribution in [2.75, 3.05) is 0 Å². The van der Waals surface area contributed by atoms with Gasteiger partial charge < -0.3 is 0 Å². The van der Waals surface area contributed by atoms with Gasteiger partial charge in [0.15, 0.2) is 0 Å². The molecule has 0 bridgehead atoms. The summed E-state index contributed by atoms with van der Waals surface area (Å²) in [4.78, 5) is 25.0. The molecule has 2 atom stereocenters. The van der Waals surface area contributed by atoms with E-state index in [2.05, 4.69) is 4.72 Å². The van der Waals surface area contributed by atoms with Crippen molar-refractivity contribution < 1.29 is 18.0 Å². The molecule has 142 valence electrons. The second-order valence-corrected chi connectivity index (χ2v) is 8.96. The summed E-state index contributed by atoms with van der Waals surface area (Å²) < 4.78 is 26.8. The zero-order valence-corrected chi connectivity index (χ0v) is 16.4. The number of Topliss-reactive ketones (excluding diaryl/α,β-unsaturated/α-hetero) is 1. The summed E-state index contributed by atoms with van der Waals surface area (Å²) in [7, 11) is -3.98. The highest BCUT2D eigenvalue weighted by Gasteiger charge is 2.39. The van der Waals surface area contributed by atoms with Gasteiger partial charge in [-0.15, -0.1) is 0 Å². The summed E-state index contributed by atoms with van der Waals surface area (Å²) >= 11 is 5.87. The lowest BCUT2D eigenvalue weighted by atomic mass is 9.95. The first-order valence-electron chi connectivity index (χ1n) is 8.68. The van der Waals surface area contributed by atoms with Gasteiger partial charge in [-0.2, -0.15) is 0 Å². The lowest BCUT2D eigenvalue weighted by Crippen LogP contribution is -2.38. The number of halogens is 1. The van der Waals surface area contributed by atoms with Gasteiger partial charge in [0.25, 0.3) is 10.0 Å². The quantitative estimate of drug-likeness (QED) is 0.774. The highest BCUT2D eigenvalue weighted by Crippen LogP contribution is 2.31. The molecule has 0 aromatic heterocycles. The molecular weight excluding hydrogens is 386 g/mol. The molecule has 0 heterocycles. The van der Waals surface area contributed by atoms with Crippen molar-refractivity contribution in [3.8, 4) is 0 Å². The van der Waals surface area contributed by atoms with Gasteiger partial charge in [0, 0.05) is 10.9 Å². The van der Waals surface area contributed by atoms with Gasteiger partial charge in [-0.25, -0.2) is 13.1 Å². The molecule has 2 unspecified atom stereocenters. The van der Waals surface area contributed by atoms with Crippen LogP contribution in [-0.2, 0) is 26.0 Å². The van der Waals surface area contributed by atoms with Crippen LogP contribution in [0.1, 0.15) is 24.0 Å². The Morgan fingerprint density at radius 2 is 1.70 bits per heavy atom. The lowest BCUT2D eigenvalue weighted by Gasteiger charge is -2.12. The number of amides is 1. The van der Waals surface area contributed by atoms with E-state index >= 15 is 0 Å². The van der Waals surface area contributed by atoms with Crippen LogP contribution in [0.5, 0.6) is 0 Å². The van der Waals surface area contributed by atoms with Crippen LogP contribution in [0, 0.1) is 18.8 Å². The van der Waals surface area contributed by atoms with Crippen LogP contribution in [0.4, 0.5) is 0 Å². The Morgan fingerprint density at radius 1 is 1.07 bits per heavy atom. The summed E-state index contributed by atoms with van der Waals surface area (Å²) in [5, 5.41) is 0.620. The van der Waals surface area contributed by atoms with E-state index in [9.17, 15) is 18.0 Å². The number of hydrogen-bond acceptors (Lipinski definition) is 4. The zero-order valence-electron chi connectivity index (χ0n) is 14.8. The molecule has 5 nitrogen and oxygen atoms in total. The largest absolute Gasteiger partial charge is 0.298 e. The molecule has 1 fully saturated rings. The summed E-state index contributed by atoms with van der Waals surface area (Å²) in [6.45, 7) is 1.84. The lowest BCUT2D eigenvalue weighted by molar-refractivity contribution is -0.132. The number of ketones is 1. The highest BCUT2D eigenvalue weighted by molar-refractivity contribution is 7.90. The minimum atomic E-state index is -3.98. The van der Waals surface area contributed by atoms with E-state index in [-0.39, 0.29) is 16.6 Å². The number of aryl methyl sites for hydroxylation is 1. The van der Waals surface area contributed by atoms with Crippen molar-refractivity contribution in [1.29, 1.82) is 0 Å². The molecule has 0 aliphatic heterocycles.